The first-order chi connectivity index (χ1) is 11.7. The first-order valence-electron chi connectivity index (χ1n) is 9.16. The number of piperidine rings is 2. The van der Waals surface area contributed by atoms with Gasteiger partial charge in [0, 0.05) is 45.4 Å². The second-order valence-corrected chi connectivity index (χ2v) is 7.48. The average molecular weight is 330 g/mol. The SMILES string of the molecule is O=C1CCC2(CCN(c3cccnn3)CC2)CN1CC1CCCO1. The van der Waals surface area contributed by atoms with Crippen LogP contribution in [0.2, 0.25) is 0 Å². The van der Waals surface area contributed by atoms with Crippen molar-refractivity contribution in [1.29, 1.82) is 0 Å². The Kier molecular flexibility index (Phi) is 4.39. The Labute approximate surface area is 143 Å². The van der Waals surface area contributed by atoms with E-state index in [0.29, 0.717) is 12.3 Å². The molecular formula is C18H26N4O2. The van der Waals surface area contributed by atoms with Crippen LogP contribution in [0.25, 0.3) is 0 Å². The molecule has 1 spiro atoms. The molecule has 1 unspecified atom stereocenters. The van der Waals surface area contributed by atoms with Crippen molar-refractivity contribution in [3.8, 4) is 0 Å². The summed E-state index contributed by atoms with van der Waals surface area (Å²) in [7, 11) is 0. The number of aromatic nitrogens is 2. The Bertz CT molecular complexity index is 566. The van der Waals surface area contributed by atoms with Crippen molar-refractivity contribution in [2.24, 2.45) is 5.41 Å². The Morgan fingerprint density at radius 1 is 1.29 bits per heavy atom. The van der Waals surface area contributed by atoms with Crippen molar-refractivity contribution in [3.63, 3.8) is 0 Å². The Morgan fingerprint density at radius 2 is 2.17 bits per heavy atom. The second-order valence-electron chi connectivity index (χ2n) is 7.48. The molecule has 3 aliphatic rings. The average Bonchev–Trinajstić information content (AvgIpc) is 3.13. The van der Waals surface area contributed by atoms with E-state index in [4.69, 9.17) is 4.74 Å². The molecule has 3 aliphatic heterocycles. The maximum atomic E-state index is 12.3. The molecule has 0 aliphatic carbocycles. The highest BCUT2D eigenvalue weighted by molar-refractivity contribution is 5.77. The fourth-order valence-corrected chi connectivity index (χ4v) is 4.38. The first kappa shape index (κ1) is 15.8. The molecule has 1 atom stereocenters. The first-order valence-corrected chi connectivity index (χ1v) is 9.16. The molecule has 130 valence electrons. The summed E-state index contributed by atoms with van der Waals surface area (Å²) < 4.78 is 5.74. The molecule has 0 saturated carbocycles. The lowest BCUT2D eigenvalue weighted by molar-refractivity contribution is -0.140. The number of amides is 1. The molecule has 3 fully saturated rings. The fraction of sp³-hybridized carbons (Fsp3) is 0.722. The van der Waals surface area contributed by atoms with E-state index in [-0.39, 0.29) is 11.5 Å². The van der Waals surface area contributed by atoms with Crippen LogP contribution in [0.4, 0.5) is 5.82 Å². The van der Waals surface area contributed by atoms with Gasteiger partial charge in [0.2, 0.25) is 5.91 Å². The van der Waals surface area contributed by atoms with Gasteiger partial charge in [-0.3, -0.25) is 4.79 Å². The molecule has 6 nitrogen and oxygen atoms in total. The quantitative estimate of drug-likeness (QED) is 0.847. The van der Waals surface area contributed by atoms with E-state index in [0.717, 1.165) is 70.7 Å². The molecule has 0 bridgehead atoms. The van der Waals surface area contributed by atoms with E-state index in [1.807, 2.05) is 12.1 Å². The van der Waals surface area contributed by atoms with Crippen LogP contribution in [-0.2, 0) is 9.53 Å². The van der Waals surface area contributed by atoms with Crippen LogP contribution in [0.15, 0.2) is 18.3 Å². The Hall–Kier alpha value is -1.69. The summed E-state index contributed by atoms with van der Waals surface area (Å²) in [4.78, 5) is 16.7. The normalized spacial score (nSPS) is 27.0. The number of ether oxygens (including phenoxy) is 1. The van der Waals surface area contributed by atoms with Gasteiger partial charge in [-0.1, -0.05) is 0 Å². The lowest BCUT2D eigenvalue weighted by Crippen LogP contribution is -2.53. The third-order valence-electron chi connectivity index (χ3n) is 5.90. The highest BCUT2D eigenvalue weighted by Crippen LogP contribution is 2.41. The lowest BCUT2D eigenvalue weighted by atomic mass is 9.72. The molecule has 0 N–H and O–H groups in total. The maximum absolute atomic E-state index is 12.3. The third-order valence-corrected chi connectivity index (χ3v) is 5.90. The zero-order chi connectivity index (χ0) is 16.4. The van der Waals surface area contributed by atoms with E-state index >= 15 is 0 Å². The molecule has 4 heterocycles. The number of hydrogen-bond donors (Lipinski definition) is 0. The molecule has 0 radical (unpaired) electrons. The molecule has 1 amide bonds. The maximum Gasteiger partial charge on any atom is 0.222 e. The van der Waals surface area contributed by atoms with Gasteiger partial charge in [0.25, 0.3) is 0 Å². The molecule has 6 heteroatoms. The summed E-state index contributed by atoms with van der Waals surface area (Å²) in [5.74, 6) is 1.28. The number of hydrogen-bond acceptors (Lipinski definition) is 5. The number of carbonyl (C=O) groups excluding carboxylic acids is 1. The zero-order valence-corrected chi connectivity index (χ0v) is 14.2. The Morgan fingerprint density at radius 3 is 2.88 bits per heavy atom. The summed E-state index contributed by atoms with van der Waals surface area (Å²) in [6.07, 6.45) is 8.16. The van der Waals surface area contributed by atoms with Crippen molar-refractivity contribution in [2.75, 3.05) is 37.7 Å². The third kappa shape index (κ3) is 3.24. The fourth-order valence-electron chi connectivity index (χ4n) is 4.38. The zero-order valence-electron chi connectivity index (χ0n) is 14.2. The molecule has 4 rings (SSSR count). The number of likely N-dealkylation sites (tertiary alicyclic amines) is 1. The summed E-state index contributed by atoms with van der Waals surface area (Å²) >= 11 is 0. The highest BCUT2D eigenvalue weighted by Gasteiger charge is 2.41. The van der Waals surface area contributed by atoms with Gasteiger partial charge in [-0.15, -0.1) is 5.10 Å². The van der Waals surface area contributed by atoms with Crippen LogP contribution in [0.5, 0.6) is 0 Å². The number of nitrogens with zero attached hydrogens (tertiary/aromatic N) is 4. The lowest BCUT2D eigenvalue weighted by Gasteiger charge is -2.48. The minimum absolute atomic E-state index is 0.254. The highest BCUT2D eigenvalue weighted by atomic mass is 16.5. The predicted molar refractivity (Wildman–Crippen MR) is 90.7 cm³/mol. The molecule has 1 aromatic heterocycles. The van der Waals surface area contributed by atoms with E-state index in [1.165, 1.54) is 0 Å². The van der Waals surface area contributed by atoms with Crippen molar-refractivity contribution < 1.29 is 9.53 Å². The molecular weight excluding hydrogens is 304 g/mol. The van der Waals surface area contributed by atoms with Crippen LogP contribution < -0.4 is 4.90 Å². The van der Waals surface area contributed by atoms with Crippen LogP contribution in [0.1, 0.15) is 38.5 Å². The van der Waals surface area contributed by atoms with E-state index in [9.17, 15) is 4.79 Å². The second kappa shape index (κ2) is 6.67. The van der Waals surface area contributed by atoms with Gasteiger partial charge in [-0.05, 0) is 49.7 Å². The van der Waals surface area contributed by atoms with Crippen LogP contribution in [0.3, 0.4) is 0 Å². The smallest absolute Gasteiger partial charge is 0.222 e. The van der Waals surface area contributed by atoms with E-state index in [2.05, 4.69) is 20.0 Å². The van der Waals surface area contributed by atoms with Gasteiger partial charge in [-0.2, -0.15) is 5.10 Å². The van der Waals surface area contributed by atoms with Crippen LogP contribution in [0, 0.1) is 5.41 Å². The van der Waals surface area contributed by atoms with Gasteiger partial charge in [0.15, 0.2) is 5.82 Å². The van der Waals surface area contributed by atoms with Gasteiger partial charge in [-0.25, -0.2) is 0 Å². The number of carbonyl (C=O) groups is 1. The predicted octanol–water partition coefficient (Wildman–Crippen LogP) is 1.86. The molecule has 3 saturated heterocycles. The summed E-state index contributed by atoms with van der Waals surface area (Å²) in [5.41, 5.74) is 0.283. The van der Waals surface area contributed by atoms with Gasteiger partial charge in [0.1, 0.15) is 0 Å². The largest absolute Gasteiger partial charge is 0.376 e. The topological polar surface area (TPSA) is 58.6 Å². The van der Waals surface area contributed by atoms with Crippen molar-refractivity contribution in [1.82, 2.24) is 15.1 Å². The van der Waals surface area contributed by atoms with Crippen LogP contribution >= 0.6 is 0 Å². The van der Waals surface area contributed by atoms with E-state index < -0.39 is 0 Å². The Balaban J connectivity index is 1.38. The van der Waals surface area contributed by atoms with Gasteiger partial charge >= 0.3 is 0 Å². The molecule has 1 aromatic rings. The number of rotatable bonds is 3. The van der Waals surface area contributed by atoms with Crippen molar-refractivity contribution in [3.05, 3.63) is 18.3 Å². The monoisotopic (exact) mass is 330 g/mol. The number of anilines is 1. The van der Waals surface area contributed by atoms with Crippen molar-refractivity contribution >= 4 is 11.7 Å². The van der Waals surface area contributed by atoms with Crippen LogP contribution in [-0.4, -0.2) is 59.9 Å². The van der Waals surface area contributed by atoms with E-state index in [1.54, 1.807) is 6.20 Å². The van der Waals surface area contributed by atoms with Gasteiger partial charge in [0.05, 0.1) is 6.10 Å². The van der Waals surface area contributed by atoms with Crippen molar-refractivity contribution in [2.45, 2.75) is 44.6 Å². The summed E-state index contributed by atoms with van der Waals surface area (Å²) in [5, 5.41) is 8.21. The summed E-state index contributed by atoms with van der Waals surface area (Å²) in [6.45, 7) is 4.54. The summed E-state index contributed by atoms with van der Waals surface area (Å²) in [6, 6.07) is 3.97. The van der Waals surface area contributed by atoms with Gasteiger partial charge < -0.3 is 14.5 Å². The minimum atomic E-state index is 0.254. The minimum Gasteiger partial charge on any atom is -0.376 e. The molecule has 24 heavy (non-hydrogen) atoms. The standard InChI is InChI=1S/C18H26N4O2/c23-17-5-6-18(14-22(17)13-15-3-2-12-24-15)7-10-21(11-8-18)16-4-1-9-19-20-16/h1,4,9,15H,2-3,5-8,10-14H2. The molecule has 0 aromatic carbocycles.